The standard InChI is InChI=1S/C13H16BrNO4S/c1-3-4-5-6-15-20(18,19)10-7-11(13(16)17)9(2)12(14)8-10/h3-4,7-8,15H,5-6H2,1-2H3,(H,16,17)/b4-3+. The number of carboxylic acid groups (broad SMARTS) is 1. The lowest BCUT2D eigenvalue weighted by Gasteiger charge is -2.10. The highest BCUT2D eigenvalue weighted by Gasteiger charge is 2.19. The Bertz CT molecular complexity index is 638. The number of hydrogen-bond acceptors (Lipinski definition) is 3. The smallest absolute Gasteiger partial charge is 0.336 e. The predicted molar refractivity (Wildman–Crippen MR) is 80.5 cm³/mol. The van der Waals surface area contributed by atoms with Gasteiger partial charge in [0.2, 0.25) is 10.0 Å². The first-order valence-electron chi connectivity index (χ1n) is 5.94. The molecular formula is C13H16BrNO4S. The fraction of sp³-hybridized carbons (Fsp3) is 0.308. The molecule has 0 amide bonds. The lowest BCUT2D eigenvalue weighted by atomic mass is 10.1. The van der Waals surface area contributed by atoms with E-state index in [-0.39, 0.29) is 17.0 Å². The van der Waals surface area contributed by atoms with Gasteiger partial charge in [-0.25, -0.2) is 17.9 Å². The van der Waals surface area contributed by atoms with Crippen LogP contribution < -0.4 is 4.72 Å². The Morgan fingerprint density at radius 1 is 1.45 bits per heavy atom. The predicted octanol–water partition coefficient (Wildman–Crippen LogP) is 2.70. The van der Waals surface area contributed by atoms with Gasteiger partial charge in [-0.1, -0.05) is 28.1 Å². The second-order valence-corrected chi connectivity index (χ2v) is 6.76. The van der Waals surface area contributed by atoms with Gasteiger partial charge in [-0.3, -0.25) is 0 Å². The van der Waals surface area contributed by atoms with E-state index >= 15 is 0 Å². The number of aromatic carboxylic acids is 1. The van der Waals surface area contributed by atoms with Gasteiger partial charge in [-0.15, -0.1) is 0 Å². The van der Waals surface area contributed by atoms with E-state index in [1.54, 1.807) is 6.92 Å². The Morgan fingerprint density at radius 3 is 2.65 bits per heavy atom. The largest absolute Gasteiger partial charge is 0.478 e. The fourth-order valence-corrected chi connectivity index (χ4v) is 3.27. The van der Waals surface area contributed by atoms with Crippen LogP contribution in [0.5, 0.6) is 0 Å². The first-order chi connectivity index (χ1) is 9.29. The quantitative estimate of drug-likeness (QED) is 0.602. The maximum atomic E-state index is 12.1. The summed E-state index contributed by atoms with van der Waals surface area (Å²) >= 11 is 3.18. The zero-order valence-corrected chi connectivity index (χ0v) is 13.6. The van der Waals surface area contributed by atoms with Crippen molar-refractivity contribution in [2.24, 2.45) is 0 Å². The maximum absolute atomic E-state index is 12.1. The van der Waals surface area contributed by atoms with Gasteiger partial charge >= 0.3 is 5.97 Å². The molecule has 0 heterocycles. The Labute approximate surface area is 126 Å². The first kappa shape index (κ1) is 16.9. The van der Waals surface area contributed by atoms with E-state index in [0.717, 1.165) is 0 Å². The molecule has 110 valence electrons. The molecule has 0 unspecified atom stereocenters. The maximum Gasteiger partial charge on any atom is 0.336 e. The van der Waals surface area contributed by atoms with Gasteiger partial charge in [0.15, 0.2) is 0 Å². The third-order valence-electron chi connectivity index (χ3n) is 2.70. The molecule has 0 aromatic heterocycles. The van der Waals surface area contributed by atoms with Crippen LogP contribution in [0.4, 0.5) is 0 Å². The van der Waals surface area contributed by atoms with Crippen molar-refractivity contribution in [1.82, 2.24) is 4.72 Å². The van der Waals surface area contributed by atoms with Crippen LogP contribution in [0.3, 0.4) is 0 Å². The Kier molecular flexibility index (Phi) is 5.91. The van der Waals surface area contributed by atoms with Crippen LogP contribution in [-0.2, 0) is 10.0 Å². The summed E-state index contributed by atoms with van der Waals surface area (Å²) < 4.78 is 27.0. The summed E-state index contributed by atoms with van der Waals surface area (Å²) in [6, 6.07) is 2.57. The summed E-state index contributed by atoms with van der Waals surface area (Å²) in [6.45, 7) is 3.73. The van der Waals surface area contributed by atoms with Crippen molar-refractivity contribution in [1.29, 1.82) is 0 Å². The van der Waals surface area contributed by atoms with Crippen molar-refractivity contribution < 1.29 is 18.3 Å². The van der Waals surface area contributed by atoms with Crippen molar-refractivity contribution in [3.05, 3.63) is 39.9 Å². The van der Waals surface area contributed by atoms with Crippen molar-refractivity contribution in [2.45, 2.75) is 25.2 Å². The highest BCUT2D eigenvalue weighted by atomic mass is 79.9. The van der Waals surface area contributed by atoms with E-state index in [1.807, 2.05) is 19.1 Å². The summed E-state index contributed by atoms with van der Waals surface area (Å²) in [5.41, 5.74) is 0.457. The van der Waals surface area contributed by atoms with E-state index in [2.05, 4.69) is 20.7 Å². The molecule has 0 saturated carbocycles. The molecule has 0 fully saturated rings. The molecule has 1 aromatic rings. The summed E-state index contributed by atoms with van der Waals surface area (Å²) in [5, 5.41) is 9.08. The minimum absolute atomic E-state index is 0.0341. The molecule has 1 rings (SSSR count). The molecule has 0 bridgehead atoms. The van der Waals surface area contributed by atoms with Crippen molar-refractivity contribution in [2.75, 3.05) is 6.54 Å². The van der Waals surface area contributed by atoms with Crippen molar-refractivity contribution >= 4 is 31.9 Å². The van der Waals surface area contributed by atoms with E-state index in [4.69, 9.17) is 5.11 Å². The molecule has 7 heteroatoms. The molecule has 0 aliphatic heterocycles. The van der Waals surface area contributed by atoms with Crippen LogP contribution >= 0.6 is 15.9 Å². The van der Waals surface area contributed by atoms with E-state index in [1.165, 1.54) is 12.1 Å². The summed E-state index contributed by atoms with van der Waals surface area (Å²) in [5.74, 6) is -1.16. The number of benzene rings is 1. The number of carbonyl (C=O) groups is 1. The van der Waals surface area contributed by atoms with Crippen LogP contribution in [0.2, 0.25) is 0 Å². The Balaban J connectivity index is 3.09. The van der Waals surface area contributed by atoms with E-state index in [0.29, 0.717) is 16.5 Å². The molecule has 0 aliphatic rings. The molecule has 0 spiro atoms. The second kappa shape index (κ2) is 7.01. The zero-order chi connectivity index (χ0) is 15.3. The zero-order valence-electron chi connectivity index (χ0n) is 11.2. The van der Waals surface area contributed by atoms with Gasteiger partial charge in [0, 0.05) is 11.0 Å². The molecule has 0 aliphatic carbocycles. The van der Waals surface area contributed by atoms with Crippen LogP contribution in [0.25, 0.3) is 0 Å². The topological polar surface area (TPSA) is 83.5 Å². The first-order valence-corrected chi connectivity index (χ1v) is 8.21. The molecule has 0 saturated heterocycles. The number of carboxylic acids is 1. The van der Waals surface area contributed by atoms with E-state index < -0.39 is 16.0 Å². The number of hydrogen-bond donors (Lipinski definition) is 2. The Hall–Kier alpha value is -1.18. The van der Waals surface area contributed by atoms with Gasteiger partial charge in [0.05, 0.1) is 10.5 Å². The molecule has 5 nitrogen and oxygen atoms in total. The summed E-state index contributed by atoms with van der Waals surface area (Å²) in [4.78, 5) is 11.0. The monoisotopic (exact) mass is 361 g/mol. The highest BCUT2D eigenvalue weighted by molar-refractivity contribution is 9.10. The molecule has 20 heavy (non-hydrogen) atoms. The molecular weight excluding hydrogens is 346 g/mol. The number of sulfonamides is 1. The van der Waals surface area contributed by atoms with Gasteiger partial charge in [-0.05, 0) is 38.0 Å². The minimum Gasteiger partial charge on any atom is -0.478 e. The molecule has 2 N–H and O–H groups in total. The fourth-order valence-electron chi connectivity index (χ4n) is 1.56. The summed E-state index contributed by atoms with van der Waals surface area (Å²) in [7, 11) is -3.71. The third-order valence-corrected chi connectivity index (χ3v) is 4.96. The summed E-state index contributed by atoms with van der Waals surface area (Å²) in [6.07, 6.45) is 4.25. The normalized spacial score (nSPS) is 11.9. The number of nitrogens with one attached hydrogen (secondary N) is 1. The molecule has 1 aromatic carbocycles. The van der Waals surface area contributed by atoms with Gasteiger partial charge in [0.25, 0.3) is 0 Å². The van der Waals surface area contributed by atoms with Crippen molar-refractivity contribution in [3.63, 3.8) is 0 Å². The van der Waals surface area contributed by atoms with Crippen molar-refractivity contribution in [3.8, 4) is 0 Å². The lowest BCUT2D eigenvalue weighted by Crippen LogP contribution is -2.25. The Morgan fingerprint density at radius 2 is 2.10 bits per heavy atom. The molecule has 0 atom stereocenters. The lowest BCUT2D eigenvalue weighted by molar-refractivity contribution is 0.0695. The van der Waals surface area contributed by atoms with Crippen LogP contribution in [-0.4, -0.2) is 26.0 Å². The number of halogens is 1. The van der Waals surface area contributed by atoms with Crippen LogP contribution in [0, 0.1) is 6.92 Å². The number of rotatable bonds is 6. The third kappa shape index (κ3) is 4.16. The average molecular weight is 362 g/mol. The van der Waals surface area contributed by atoms with Gasteiger partial charge in [-0.2, -0.15) is 0 Å². The van der Waals surface area contributed by atoms with Crippen LogP contribution in [0.1, 0.15) is 29.3 Å². The second-order valence-electron chi connectivity index (χ2n) is 4.14. The molecule has 0 radical (unpaired) electrons. The van der Waals surface area contributed by atoms with Gasteiger partial charge in [0.1, 0.15) is 0 Å². The van der Waals surface area contributed by atoms with Gasteiger partial charge < -0.3 is 5.11 Å². The highest BCUT2D eigenvalue weighted by Crippen LogP contribution is 2.24. The minimum atomic E-state index is -3.71. The van der Waals surface area contributed by atoms with Crippen LogP contribution in [0.15, 0.2) is 33.7 Å². The average Bonchev–Trinajstić information content (AvgIpc) is 2.37. The SMILES string of the molecule is C/C=C/CCNS(=O)(=O)c1cc(Br)c(C)c(C(=O)O)c1. The number of allylic oxidation sites excluding steroid dienone is 1. The van der Waals surface area contributed by atoms with E-state index in [9.17, 15) is 13.2 Å².